The zero-order valence-corrected chi connectivity index (χ0v) is 8.51. The van der Waals surface area contributed by atoms with E-state index < -0.39 is 5.54 Å². The summed E-state index contributed by atoms with van der Waals surface area (Å²) in [5.41, 5.74) is 4.77. The standard InChI is InChI=1S/C10H19NO2/c1-10(2,11)9(12)13-8-6-4-3-5-7-8/h8H,3-7,11H2,1-2H3. The van der Waals surface area contributed by atoms with Gasteiger partial charge in [0.1, 0.15) is 11.6 Å². The average molecular weight is 185 g/mol. The molecule has 0 aromatic heterocycles. The molecule has 0 saturated heterocycles. The maximum atomic E-state index is 11.4. The highest BCUT2D eigenvalue weighted by Crippen LogP contribution is 2.21. The number of hydrogen-bond donors (Lipinski definition) is 1. The second kappa shape index (κ2) is 4.09. The molecule has 0 unspecified atom stereocenters. The number of rotatable bonds is 2. The molecule has 0 aromatic carbocycles. The quantitative estimate of drug-likeness (QED) is 0.665. The summed E-state index contributed by atoms with van der Waals surface area (Å²) < 4.78 is 5.29. The van der Waals surface area contributed by atoms with Crippen LogP contribution in [0.2, 0.25) is 0 Å². The molecule has 1 fully saturated rings. The van der Waals surface area contributed by atoms with Gasteiger partial charge in [0.25, 0.3) is 0 Å². The van der Waals surface area contributed by atoms with E-state index in [2.05, 4.69) is 0 Å². The lowest BCUT2D eigenvalue weighted by molar-refractivity contribution is -0.155. The van der Waals surface area contributed by atoms with Crippen LogP contribution in [0.1, 0.15) is 46.0 Å². The van der Waals surface area contributed by atoms with Gasteiger partial charge >= 0.3 is 5.97 Å². The molecule has 0 spiro atoms. The van der Waals surface area contributed by atoms with Crippen molar-refractivity contribution in [2.75, 3.05) is 0 Å². The van der Waals surface area contributed by atoms with Crippen LogP contribution in [-0.2, 0) is 9.53 Å². The van der Waals surface area contributed by atoms with Gasteiger partial charge in [0.15, 0.2) is 0 Å². The van der Waals surface area contributed by atoms with E-state index in [4.69, 9.17) is 10.5 Å². The van der Waals surface area contributed by atoms with Gasteiger partial charge in [-0.05, 0) is 39.5 Å². The molecule has 0 atom stereocenters. The third kappa shape index (κ3) is 3.35. The van der Waals surface area contributed by atoms with Gasteiger partial charge in [0.05, 0.1) is 0 Å². The summed E-state index contributed by atoms with van der Waals surface area (Å²) in [6.45, 7) is 3.36. The van der Waals surface area contributed by atoms with Crippen molar-refractivity contribution in [2.24, 2.45) is 5.73 Å². The Morgan fingerprint density at radius 3 is 2.31 bits per heavy atom. The molecule has 1 aliphatic carbocycles. The van der Waals surface area contributed by atoms with E-state index in [1.807, 2.05) is 0 Å². The third-order valence-electron chi connectivity index (χ3n) is 2.35. The second-order valence-corrected chi connectivity index (χ2v) is 4.39. The van der Waals surface area contributed by atoms with E-state index >= 15 is 0 Å². The molecule has 0 bridgehead atoms. The van der Waals surface area contributed by atoms with Gasteiger partial charge in [-0.3, -0.25) is 4.79 Å². The van der Waals surface area contributed by atoms with Crippen LogP contribution in [0.5, 0.6) is 0 Å². The number of ether oxygens (including phenoxy) is 1. The Morgan fingerprint density at radius 2 is 1.85 bits per heavy atom. The monoisotopic (exact) mass is 185 g/mol. The highest BCUT2D eigenvalue weighted by atomic mass is 16.5. The van der Waals surface area contributed by atoms with Crippen molar-refractivity contribution in [2.45, 2.75) is 57.6 Å². The fraction of sp³-hybridized carbons (Fsp3) is 0.900. The van der Waals surface area contributed by atoms with Gasteiger partial charge in [-0.25, -0.2) is 0 Å². The van der Waals surface area contributed by atoms with E-state index in [1.165, 1.54) is 19.3 Å². The molecule has 13 heavy (non-hydrogen) atoms. The van der Waals surface area contributed by atoms with Crippen molar-refractivity contribution in [1.29, 1.82) is 0 Å². The molecular formula is C10H19NO2. The first kappa shape index (κ1) is 10.5. The zero-order valence-electron chi connectivity index (χ0n) is 8.51. The Labute approximate surface area is 79.6 Å². The fourth-order valence-corrected chi connectivity index (χ4v) is 1.49. The van der Waals surface area contributed by atoms with Crippen LogP contribution in [0, 0.1) is 0 Å². The van der Waals surface area contributed by atoms with Gasteiger partial charge in [-0.1, -0.05) is 6.42 Å². The summed E-state index contributed by atoms with van der Waals surface area (Å²) >= 11 is 0. The van der Waals surface area contributed by atoms with Crippen LogP contribution in [-0.4, -0.2) is 17.6 Å². The maximum absolute atomic E-state index is 11.4. The summed E-state index contributed by atoms with van der Waals surface area (Å²) in [5, 5.41) is 0. The SMILES string of the molecule is CC(C)(N)C(=O)OC1CCCCC1. The second-order valence-electron chi connectivity index (χ2n) is 4.39. The Balaban J connectivity index is 2.35. The number of carbonyl (C=O) groups excluding carboxylic acids is 1. The van der Waals surface area contributed by atoms with Crippen molar-refractivity contribution in [1.82, 2.24) is 0 Å². The van der Waals surface area contributed by atoms with Gasteiger partial charge in [0, 0.05) is 0 Å². The highest BCUT2D eigenvalue weighted by molar-refractivity contribution is 5.79. The molecule has 3 heteroatoms. The van der Waals surface area contributed by atoms with Crippen molar-refractivity contribution in [3.63, 3.8) is 0 Å². The van der Waals surface area contributed by atoms with E-state index in [9.17, 15) is 4.79 Å². The van der Waals surface area contributed by atoms with Gasteiger partial charge in [-0.15, -0.1) is 0 Å². The number of hydrogen-bond acceptors (Lipinski definition) is 3. The predicted octanol–water partition coefficient (Wildman–Crippen LogP) is 1.60. The van der Waals surface area contributed by atoms with Crippen LogP contribution in [0.15, 0.2) is 0 Å². The fourth-order valence-electron chi connectivity index (χ4n) is 1.49. The minimum atomic E-state index is -0.850. The summed E-state index contributed by atoms with van der Waals surface area (Å²) in [5.74, 6) is -0.278. The van der Waals surface area contributed by atoms with Crippen molar-refractivity contribution in [3.8, 4) is 0 Å². The van der Waals surface area contributed by atoms with Gasteiger partial charge < -0.3 is 10.5 Å². The molecule has 0 aromatic rings. The Hall–Kier alpha value is -0.570. The minimum Gasteiger partial charge on any atom is -0.461 e. The first-order valence-corrected chi connectivity index (χ1v) is 5.00. The van der Waals surface area contributed by atoms with Gasteiger partial charge in [-0.2, -0.15) is 0 Å². The summed E-state index contributed by atoms with van der Waals surface area (Å²) in [7, 11) is 0. The first-order chi connectivity index (χ1) is 6.00. The maximum Gasteiger partial charge on any atom is 0.325 e. The van der Waals surface area contributed by atoms with E-state index in [0.29, 0.717) is 0 Å². The van der Waals surface area contributed by atoms with Crippen LogP contribution in [0.3, 0.4) is 0 Å². The lowest BCUT2D eigenvalue weighted by Crippen LogP contribution is -2.44. The number of esters is 1. The van der Waals surface area contributed by atoms with Gasteiger partial charge in [0.2, 0.25) is 0 Å². The summed E-state index contributed by atoms with van der Waals surface area (Å²) in [6.07, 6.45) is 5.72. The Morgan fingerprint density at radius 1 is 1.31 bits per heavy atom. The lowest BCUT2D eigenvalue weighted by atomic mass is 9.97. The molecule has 76 valence electrons. The van der Waals surface area contributed by atoms with E-state index in [1.54, 1.807) is 13.8 Å². The smallest absolute Gasteiger partial charge is 0.325 e. The molecule has 1 rings (SSSR count). The summed E-state index contributed by atoms with van der Waals surface area (Å²) in [4.78, 5) is 11.4. The summed E-state index contributed by atoms with van der Waals surface area (Å²) in [6, 6.07) is 0. The highest BCUT2D eigenvalue weighted by Gasteiger charge is 2.27. The number of carbonyl (C=O) groups is 1. The topological polar surface area (TPSA) is 52.3 Å². The van der Waals surface area contributed by atoms with Crippen LogP contribution >= 0.6 is 0 Å². The van der Waals surface area contributed by atoms with Crippen LogP contribution < -0.4 is 5.73 Å². The van der Waals surface area contributed by atoms with Crippen molar-refractivity contribution >= 4 is 5.97 Å². The molecule has 1 saturated carbocycles. The lowest BCUT2D eigenvalue weighted by Gasteiger charge is -2.25. The van der Waals surface area contributed by atoms with Crippen LogP contribution in [0.4, 0.5) is 0 Å². The number of nitrogens with two attached hydrogens (primary N) is 1. The third-order valence-corrected chi connectivity index (χ3v) is 2.35. The van der Waals surface area contributed by atoms with E-state index in [0.717, 1.165) is 12.8 Å². The van der Waals surface area contributed by atoms with Crippen molar-refractivity contribution < 1.29 is 9.53 Å². The molecule has 0 radical (unpaired) electrons. The predicted molar refractivity (Wildman–Crippen MR) is 51.2 cm³/mol. The molecule has 0 amide bonds. The van der Waals surface area contributed by atoms with Crippen molar-refractivity contribution in [3.05, 3.63) is 0 Å². The molecule has 2 N–H and O–H groups in total. The average Bonchev–Trinajstić information content (AvgIpc) is 2.04. The molecule has 1 aliphatic rings. The molecule has 0 aliphatic heterocycles. The molecule has 0 heterocycles. The normalized spacial score (nSPS) is 19.9. The Bertz CT molecular complexity index is 178. The van der Waals surface area contributed by atoms with Crippen LogP contribution in [0.25, 0.3) is 0 Å². The molecular weight excluding hydrogens is 166 g/mol. The molecule has 3 nitrogen and oxygen atoms in total. The Kier molecular flexibility index (Phi) is 3.31. The minimum absolute atomic E-state index is 0.115. The largest absolute Gasteiger partial charge is 0.461 e. The van der Waals surface area contributed by atoms with E-state index in [-0.39, 0.29) is 12.1 Å². The zero-order chi connectivity index (χ0) is 9.90. The first-order valence-electron chi connectivity index (χ1n) is 5.00.